The van der Waals surface area contributed by atoms with Crippen LogP contribution in [-0.2, 0) is 22.4 Å². The lowest BCUT2D eigenvalue weighted by atomic mass is 9.88. The molecule has 1 atom stereocenters. The van der Waals surface area contributed by atoms with Crippen molar-refractivity contribution in [1.82, 2.24) is 10.3 Å². The van der Waals surface area contributed by atoms with Gasteiger partial charge < -0.3 is 10.6 Å². The molecule has 0 radical (unpaired) electrons. The van der Waals surface area contributed by atoms with Crippen LogP contribution < -0.4 is 10.6 Å². The van der Waals surface area contributed by atoms with Crippen molar-refractivity contribution in [1.29, 1.82) is 0 Å². The predicted molar refractivity (Wildman–Crippen MR) is 95.0 cm³/mol. The van der Waals surface area contributed by atoms with Crippen molar-refractivity contribution in [3.05, 3.63) is 53.7 Å². The van der Waals surface area contributed by atoms with Crippen LogP contribution in [0, 0.1) is 0 Å². The van der Waals surface area contributed by atoms with Crippen molar-refractivity contribution in [2.75, 3.05) is 11.6 Å². The fraction of sp³-hybridized carbons (Fsp3) is 0.278. The zero-order chi connectivity index (χ0) is 16.9. The Balaban J connectivity index is 1.55. The van der Waals surface area contributed by atoms with E-state index in [1.165, 1.54) is 22.9 Å². The lowest BCUT2D eigenvalue weighted by Crippen LogP contribution is -2.44. The molecule has 1 aliphatic rings. The molecule has 6 heteroatoms. The summed E-state index contributed by atoms with van der Waals surface area (Å²) in [4.78, 5) is 28.3. The molecule has 1 aromatic heterocycles. The first-order chi connectivity index (χ1) is 11.7. The molecule has 0 bridgehead atoms. The number of nitrogens with zero attached hydrogens (tertiary/aromatic N) is 1. The van der Waals surface area contributed by atoms with E-state index >= 15 is 0 Å². The van der Waals surface area contributed by atoms with E-state index in [-0.39, 0.29) is 6.04 Å². The minimum absolute atomic E-state index is 0.00450. The Bertz CT molecular complexity index is 746. The summed E-state index contributed by atoms with van der Waals surface area (Å²) < 4.78 is 0. The van der Waals surface area contributed by atoms with Gasteiger partial charge in [-0.25, -0.2) is 4.98 Å². The SMILES string of the molecule is CSc1ccc(NC(=O)C(=O)NC2CCc3ccccc3C2)cn1. The van der Waals surface area contributed by atoms with E-state index in [1.54, 1.807) is 18.3 Å². The molecule has 2 amide bonds. The summed E-state index contributed by atoms with van der Waals surface area (Å²) in [6, 6.07) is 11.8. The fourth-order valence-electron chi connectivity index (χ4n) is 2.83. The molecule has 1 aliphatic carbocycles. The van der Waals surface area contributed by atoms with Gasteiger partial charge in [-0.2, -0.15) is 0 Å². The number of rotatable bonds is 3. The number of anilines is 1. The Labute approximate surface area is 145 Å². The maximum absolute atomic E-state index is 12.1. The Morgan fingerprint density at radius 1 is 1.12 bits per heavy atom. The first kappa shape index (κ1) is 16.5. The molecule has 1 aromatic carbocycles. The van der Waals surface area contributed by atoms with Gasteiger partial charge in [-0.05, 0) is 48.8 Å². The van der Waals surface area contributed by atoms with Crippen molar-refractivity contribution < 1.29 is 9.59 Å². The van der Waals surface area contributed by atoms with Crippen molar-refractivity contribution in [3.8, 4) is 0 Å². The van der Waals surface area contributed by atoms with E-state index in [9.17, 15) is 9.59 Å². The van der Waals surface area contributed by atoms with Crippen molar-refractivity contribution in [2.45, 2.75) is 30.3 Å². The van der Waals surface area contributed by atoms with Crippen LogP contribution in [-0.4, -0.2) is 29.1 Å². The summed E-state index contributed by atoms with van der Waals surface area (Å²) >= 11 is 1.52. The van der Waals surface area contributed by atoms with Gasteiger partial charge in [0, 0.05) is 6.04 Å². The molecule has 1 heterocycles. The van der Waals surface area contributed by atoms with E-state index in [0.717, 1.165) is 24.3 Å². The molecule has 1 unspecified atom stereocenters. The largest absolute Gasteiger partial charge is 0.345 e. The number of fused-ring (bicyclic) bond motifs is 1. The number of nitrogens with one attached hydrogen (secondary N) is 2. The third-order valence-electron chi connectivity index (χ3n) is 4.09. The molecule has 0 fully saturated rings. The minimum atomic E-state index is -0.660. The minimum Gasteiger partial charge on any atom is -0.345 e. The molecular weight excluding hydrogens is 322 g/mol. The molecule has 0 aliphatic heterocycles. The number of carbonyl (C=O) groups excluding carboxylic acids is 2. The summed E-state index contributed by atoms with van der Waals surface area (Å²) in [6.45, 7) is 0. The van der Waals surface area contributed by atoms with Crippen LogP contribution in [0.2, 0.25) is 0 Å². The lowest BCUT2D eigenvalue weighted by Gasteiger charge is -2.25. The third kappa shape index (κ3) is 3.94. The maximum Gasteiger partial charge on any atom is 0.313 e. The van der Waals surface area contributed by atoms with Crippen molar-refractivity contribution >= 4 is 29.3 Å². The smallest absolute Gasteiger partial charge is 0.313 e. The van der Waals surface area contributed by atoms with Crippen LogP contribution in [0.25, 0.3) is 0 Å². The van der Waals surface area contributed by atoms with Gasteiger partial charge in [0.2, 0.25) is 0 Å². The highest BCUT2D eigenvalue weighted by atomic mass is 32.2. The number of carbonyl (C=O) groups is 2. The number of amides is 2. The summed E-state index contributed by atoms with van der Waals surface area (Å²) in [5.41, 5.74) is 3.08. The Kier molecular flexibility index (Phi) is 5.15. The summed E-state index contributed by atoms with van der Waals surface area (Å²) in [7, 11) is 0. The third-order valence-corrected chi connectivity index (χ3v) is 4.75. The zero-order valence-electron chi connectivity index (χ0n) is 13.4. The number of benzene rings is 1. The highest BCUT2D eigenvalue weighted by Crippen LogP contribution is 2.21. The van der Waals surface area contributed by atoms with Crippen LogP contribution >= 0.6 is 11.8 Å². The van der Waals surface area contributed by atoms with Gasteiger partial charge in [0.05, 0.1) is 16.9 Å². The second kappa shape index (κ2) is 7.49. The standard InChI is InChI=1S/C18H19N3O2S/c1-24-16-9-8-15(11-19-16)21-18(23)17(22)20-14-7-6-12-4-2-3-5-13(12)10-14/h2-5,8-9,11,14H,6-7,10H2,1H3,(H,20,22)(H,21,23). The Morgan fingerprint density at radius 3 is 2.62 bits per heavy atom. The van der Waals surface area contributed by atoms with Gasteiger partial charge in [-0.3, -0.25) is 9.59 Å². The molecule has 0 spiro atoms. The van der Waals surface area contributed by atoms with Crippen molar-refractivity contribution in [3.63, 3.8) is 0 Å². The Morgan fingerprint density at radius 2 is 1.92 bits per heavy atom. The molecule has 2 aromatic rings. The average molecular weight is 341 g/mol. The number of thioether (sulfide) groups is 1. The van der Waals surface area contributed by atoms with Crippen LogP contribution in [0.15, 0.2) is 47.6 Å². The van der Waals surface area contributed by atoms with Gasteiger partial charge in [0.15, 0.2) is 0 Å². The Hall–Kier alpha value is -2.34. The molecule has 3 rings (SSSR count). The lowest BCUT2D eigenvalue weighted by molar-refractivity contribution is -0.136. The van der Waals surface area contributed by atoms with Gasteiger partial charge >= 0.3 is 11.8 Å². The topological polar surface area (TPSA) is 71.1 Å². The molecular formula is C18H19N3O2S. The predicted octanol–water partition coefficient (Wildman–Crippen LogP) is 2.42. The molecule has 124 valence electrons. The van der Waals surface area contributed by atoms with Gasteiger partial charge in [0.1, 0.15) is 0 Å². The summed E-state index contributed by atoms with van der Waals surface area (Å²) in [5, 5.41) is 6.27. The van der Waals surface area contributed by atoms with E-state index in [2.05, 4.69) is 27.8 Å². The highest BCUT2D eigenvalue weighted by Gasteiger charge is 2.23. The molecule has 5 nitrogen and oxygen atoms in total. The number of aromatic nitrogens is 1. The number of hydrogen-bond acceptors (Lipinski definition) is 4. The molecule has 24 heavy (non-hydrogen) atoms. The fourth-order valence-corrected chi connectivity index (χ4v) is 3.20. The normalized spacial score (nSPS) is 16.1. The van der Waals surface area contributed by atoms with Crippen molar-refractivity contribution in [2.24, 2.45) is 0 Å². The molecule has 0 saturated carbocycles. The maximum atomic E-state index is 12.1. The van der Waals surface area contributed by atoms with Crippen LogP contribution in [0.3, 0.4) is 0 Å². The van der Waals surface area contributed by atoms with Crippen LogP contribution in [0.1, 0.15) is 17.5 Å². The van der Waals surface area contributed by atoms with Crippen LogP contribution in [0.5, 0.6) is 0 Å². The van der Waals surface area contributed by atoms with E-state index in [0.29, 0.717) is 5.69 Å². The monoisotopic (exact) mass is 341 g/mol. The first-order valence-corrected chi connectivity index (χ1v) is 9.07. The van der Waals surface area contributed by atoms with E-state index in [4.69, 9.17) is 0 Å². The number of aryl methyl sites for hydroxylation is 1. The quantitative estimate of drug-likeness (QED) is 0.664. The average Bonchev–Trinajstić information content (AvgIpc) is 2.62. The van der Waals surface area contributed by atoms with Gasteiger partial charge in [-0.15, -0.1) is 11.8 Å². The summed E-state index contributed by atoms with van der Waals surface area (Å²) in [6.07, 6.45) is 6.01. The zero-order valence-corrected chi connectivity index (χ0v) is 14.2. The van der Waals surface area contributed by atoms with Gasteiger partial charge in [-0.1, -0.05) is 24.3 Å². The molecule has 0 saturated heterocycles. The van der Waals surface area contributed by atoms with E-state index < -0.39 is 11.8 Å². The highest BCUT2D eigenvalue weighted by molar-refractivity contribution is 7.98. The number of hydrogen-bond donors (Lipinski definition) is 2. The van der Waals surface area contributed by atoms with Gasteiger partial charge in [0.25, 0.3) is 0 Å². The second-order valence-electron chi connectivity index (χ2n) is 5.73. The second-order valence-corrected chi connectivity index (χ2v) is 6.55. The first-order valence-electron chi connectivity index (χ1n) is 7.84. The molecule has 2 N–H and O–H groups in total. The summed E-state index contributed by atoms with van der Waals surface area (Å²) in [5.74, 6) is -1.26. The number of pyridine rings is 1. The van der Waals surface area contributed by atoms with E-state index in [1.807, 2.05) is 18.4 Å². The van der Waals surface area contributed by atoms with Crippen LogP contribution in [0.4, 0.5) is 5.69 Å².